The van der Waals surface area contributed by atoms with Crippen LogP contribution in [0.2, 0.25) is 25.2 Å². The lowest BCUT2D eigenvalue weighted by atomic mass is 9.66. The van der Waals surface area contributed by atoms with E-state index in [1.807, 2.05) is 0 Å². The third-order valence-corrected chi connectivity index (χ3v) is 8.13. The van der Waals surface area contributed by atoms with Crippen molar-refractivity contribution in [1.29, 1.82) is 0 Å². The van der Waals surface area contributed by atoms with Crippen molar-refractivity contribution in [3.63, 3.8) is 0 Å². The molecule has 0 aromatic heterocycles. The molecule has 0 saturated heterocycles. The summed E-state index contributed by atoms with van der Waals surface area (Å²) in [6, 6.07) is 22.3. The molecule has 26 heavy (non-hydrogen) atoms. The van der Waals surface area contributed by atoms with Gasteiger partial charge in [0.05, 0.1) is 8.07 Å². The van der Waals surface area contributed by atoms with Crippen molar-refractivity contribution in [2.24, 2.45) is 0 Å². The van der Waals surface area contributed by atoms with Gasteiger partial charge in [-0.1, -0.05) is 118 Å². The minimum atomic E-state index is -1.24. The second-order valence-electron chi connectivity index (χ2n) is 8.61. The van der Waals surface area contributed by atoms with Crippen molar-refractivity contribution in [1.82, 2.24) is 0 Å². The highest BCUT2D eigenvalue weighted by Crippen LogP contribution is 2.48. The van der Waals surface area contributed by atoms with E-state index in [1.54, 1.807) is 0 Å². The van der Waals surface area contributed by atoms with Crippen LogP contribution in [0.15, 0.2) is 84.5 Å². The standard InChI is InChI=1S/C25H32Si/c1-5-6-19-25(21-13-9-7-10-14-21,22-15-11-8-12-16-22)23-17-18-24(20-23)26(2,3)4/h7-18,20,24H,5-6,19H2,1-4H3. The first-order valence-corrected chi connectivity index (χ1v) is 13.6. The van der Waals surface area contributed by atoms with Crippen molar-refractivity contribution < 1.29 is 0 Å². The maximum Gasteiger partial charge on any atom is 0.0558 e. The predicted molar refractivity (Wildman–Crippen MR) is 118 cm³/mol. The van der Waals surface area contributed by atoms with Crippen LogP contribution in [0.3, 0.4) is 0 Å². The van der Waals surface area contributed by atoms with Gasteiger partial charge in [-0.2, -0.15) is 0 Å². The Morgan fingerprint density at radius 1 is 0.846 bits per heavy atom. The summed E-state index contributed by atoms with van der Waals surface area (Å²) in [4.78, 5) is 0. The van der Waals surface area contributed by atoms with E-state index in [2.05, 4.69) is 105 Å². The molecular formula is C25H32Si. The summed E-state index contributed by atoms with van der Waals surface area (Å²) in [6.45, 7) is 9.71. The molecule has 3 rings (SSSR count). The van der Waals surface area contributed by atoms with E-state index < -0.39 is 8.07 Å². The maximum absolute atomic E-state index is 2.59. The summed E-state index contributed by atoms with van der Waals surface area (Å²) >= 11 is 0. The topological polar surface area (TPSA) is 0 Å². The highest BCUT2D eigenvalue weighted by atomic mass is 28.3. The molecule has 0 radical (unpaired) electrons. The van der Waals surface area contributed by atoms with Gasteiger partial charge in [0, 0.05) is 5.41 Å². The molecule has 0 bridgehead atoms. The number of hydrogen-bond donors (Lipinski definition) is 0. The molecule has 1 unspecified atom stereocenters. The van der Waals surface area contributed by atoms with Crippen LogP contribution in [0.4, 0.5) is 0 Å². The summed E-state index contributed by atoms with van der Waals surface area (Å²) in [6.07, 6.45) is 11.1. The van der Waals surface area contributed by atoms with Gasteiger partial charge in [-0.3, -0.25) is 0 Å². The van der Waals surface area contributed by atoms with E-state index in [-0.39, 0.29) is 5.41 Å². The molecule has 0 aliphatic heterocycles. The number of allylic oxidation sites excluding steroid dienone is 4. The quantitative estimate of drug-likeness (QED) is 0.452. The van der Waals surface area contributed by atoms with Gasteiger partial charge in [0.2, 0.25) is 0 Å². The zero-order valence-corrected chi connectivity index (χ0v) is 17.7. The van der Waals surface area contributed by atoms with Gasteiger partial charge in [0.15, 0.2) is 0 Å². The number of unbranched alkanes of at least 4 members (excludes halogenated alkanes) is 1. The molecule has 0 spiro atoms. The first kappa shape index (κ1) is 18.9. The Kier molecular flexibility index (Phi) is 5.67. The Morgan fingerprint density at radius 2 is 1.38 bits per heavy atom. The summed E-state index contributed by atoms with van der Waals surface area (Å²) in [7, 11) is -1.24. The van der Waals surface area contributed by atoms with E-state index in [4.69, 9.17) is 0 Å². The van der Waals surface area contributed by atoms with E-state index in [0.29, 0.717) is 5.54 Å². The second kappa shape index (κ2) is 7.80. The molecule has 1 heteroatoms. The molecule has 1 aliphatic rings. The first-order chi connectivity index (χ1) is 12.5. The molecule has 0 amide bonds. The van der Waals surface area contributed by atoms with E-state index >= 15 is 0 Å². The molecule has 0 saturated carbocycles. The van der Waals surface area contributed by atoms with Crippen LogP contribution in [0.25, 0.3) is 0 Å². The van der Waals surface area contributed by atoms with Gasteiger partial charge >= 0.3 is 0 Å². The van der Waals surface area contributed by atoms with Crippen molar-refractivity contribution in [3.05, 3.63) is 95.6 Å². The molecule has 0 heterocycles. The van der Waals surface area contributed by atoms with Gasteiger partial charge in [-0.05, 0) is 28.7 Å². The fourth-order valence-corrected chi connectivity index (χ4v) is 5.51. The Morgan fingerprint density at radius 3 is 1.81 bits per heavy atom. The van der Waals surface area contributed by atoms with E-state index in [1.165, 1.54) is 29.5 Å². The summed E-state index contributed by atoms with van der Waals surface area (Å²) in [5, 5.41) is 0. The van der Waals surface area contributed by atoms with E-state index in [9.17, 15) is 0 Å². The number of hydrogen-bond acceptors (Lipinski definition) is 0. The smallest absolute Gasteiger partial charge is 0.0558 e. The Bertz CT molecular complexity index is 723. The maximum atomic E-state index is 2.59. The van der Waals surface area contributed by atoms with Crippen LogP contribution >= 0.6 is 0 Å². The molecule has 136 valence electrons. The molecule has 2 aromatic carbocycles. The third-order valence-electron chi connectivity index (χ3n) is 5.77. The first-order valence-electron chi connectivity index (χ1n) is 10.00. The second-order valence-corrected chi connectivity index (χ2v) is 14.0. The summed E-state index contributed by atoms with van der Waals surface area (Å²) < 4.78 is 0. The normalized spacial score (nSPS) is 17.4. The minimum Gasteiger partial charge on any atom is -0.0800 e. The van der Waals surface area contributed by atoms with Crippen molar-refractivity contribution >= 4 is 8.07 Å². The van der Waals surface area contributed by atoms with Crippen LogP contribution in [0, 0.1) is 0 Å². The summed E-state index contributed by atoms with van der Waals surface area (Å²) in [5.74, 6) is 0. The molecule has 1 atom stereocenters. The molecule has 0 nitrogen and oxygen atoms in total. The third kappa shape index (κ3) is 3.64. The Hall–Kier alpha value is -1.86. The molecule has 2 aromatic rings. The number of rotatable bonds is 7. The SMILES string of the molecule is CCCCC(C1=CC([Si](C)(C)C)C=C1)(c1ccccc1)c1ccccc1. The average molecular weight is 361 g/mol. The minimum absolute atomic E-state index is 0.0383. The Labute approximate surface area is 160 Å². The molecular weight excluding hydrogens is 328 g/mol. The fourth-order valence-electron chi connectivity index (χ4n) is 4.16. The van der Waals surface area contributed by atoms with Crippen LogP contribution in [-0.2, 0) is 5.41 Å². The molecule has 1 aliphatic carbocycles. The average Bonchev–Trinajstić information content (AvgIpc) is 3.15. The molecule has 0 N–H and O–H groups in total. The van der Waals surface area contributed by atoms with Crippen molar-refractivity contribution in [2.75, 3.05) is 0 Å². The van der Waals surface area contributed by atoms with Gasteiger partial charge in [-0.25, -0.2) is 0 Å². The van der Waals surface area contributed by atoms with Crippen LogP contribution < -0.4 is 0 Å². The predicted octanol–water partition coefficient (Wildman–Crippen LogP) is 7.37. The summed E-state index contributed by atoms with van der Waals surface area (Å²) in [5.41, 5.74) is 4.93. The van der Waals surface area contributed by atoms with Crippen LogP contribution in [-0.4, -0.2) is 8.07 Å². The molecule has 0 fully saturated rings. The van der Waals surface area contributed by atoms with Crippen LogP contribution in [0.1, 0.15) is 37.3 Å². The number of benzene rings is 2. The largest absolute Gasteiger partial charge is 0.0800 e. The van der Waals surface area contributed by atoms with Gasteiger partial charge in [-0.15, -0.1) is 0 Å². The zero-order valence-electron chi connectivity index (χ0n) is 16.7. The lowest BCUT2D eigenvalue weighted by Crippen LogP contribution is -2.30. The van der Waals surface area contributed by atoms with E-state index in [0.717, 1.165) is 6.42 Å². The highest BCUT2D eigenvalue weighted by molar-refractivity contribution is 6.78. The van der Waals surface area contributed by atoms with Crippen molar-refractivity contribution in [3.8, 4) is 0 Å². The zero-order chi connectivity index (χ0) is 18.6. The highest BCUT2D eigenvalue weighted by Gasteiger charge is 2.39. The van der Waals surface area contributed by atoms with Gasteiger partial charge in [0.25, 0.3) is 0 Å². The van der Waals surface area contributed by atoms with Gasteiger partial charge < -0.3 is 0 Å². The van der Waals surface area contributed by atoms with Gasteiger partial charge in [0.1, 0.15) is 0 Å². The van der Waals surface area contributed by atoms with Crippen molar-refractivity contribution in [2.45, 2.75) is 56.8 Å². The lowest BCUT2D eigenvalue weighted by Gasteiger charge is -2.37. The fraction of sp³-hybridized carbons (Fsp3) is 0.360. The Balaban J connectivity index is 2.20. The monoisotopic (exact) mass is 360 g/mol. The van der Waals surface area contributed by atoms with Crippen LogP contribution in [0.5, 0.6) is 0 Å². The lowest BCUT2D eigenvalue weighted by molar-refractivity contribution is 0.527.